The fraction of sp³-hybridized carbons (Fsp3) is 1.00. The summed E-state index contributed by atoms with van der Waals surface area (Å²) in [4.78, 5) is 0. The fourth-order valence-electron chi connectivity index (χ4n) is 5.55. The molecule has 4 aliphatic rings. The topological polar surface area (TPSA) is 348 Å². The van der Waals surface area contributed by atoms with Crippen LogP contribution in [0.4, 0.5) is 0 Å². The molecule has 0 saturated carbocycles. The van der Waals surface area contributed by atoms with Crippen molar-refractivity contribution in [2.24, 2.45) is 0 Å². The average molecular weight is 667 g/mol. The Bertz CT molecular complexity index is 910. The van der Waals surface area contributed by atoms with Crippen LogP contribution in [-0.2, 0) is 33.2 Å². The highest BCUT2D eigenvalue weighted by atomic mass is 16.8. The summed E-state index contributed by atoms with van der Waals surface area (Å²) in [5.41, 5.74) is 0. The molecule has 0 aliphatic carbocycles. The lowest BCUT2D eigenvalue weighted by Crippen LogP contribution is -2.67. The summed E-state index contributed by atoms with van der Waals surface area (Å²) >= 11 is 0. The minimum absolute atomic E-state index is 0.784. The molecule has 264 valence electrons. The Labute approximate surface area is 254 Å². The highest BCUT2D eigenvalue weighted by Gasteiger charge is 2.55. The summed E-state index contributed by atoms with van der Waals surface area (Å²) in [6.07, 6.45) is -35.3. The average Bonchev–Trinajstić information content (AvgIpc) is 3.03. The number of aliphatic hydroxyl groups excluding tert-OH is 14. The van der Waals surface area contributed by atoms with E-state index in [0.29, 0.717) is 0 Å². The van der Waals surface area contributed by atoms with Gasteiger partial charge in [-0.2, -0.15) is 0 Å². The number of ether oxygens (including phenoxy) is 7. The predicted octanol–water partition coefficient (Wildman–Crippen LogP) is -9.75. The molecule has 0 bridgehead atoms. The van der Waals surface area contributed by atoms with Crippen LogP contribution >= 0.6 is 0 Å². The van der Waals surface area contributed by atoms with E-state index in [2.05, 4.69) is 0 Å². The van der Waals surface area contributed by atoms with Crippen LogP contribution in [0.15, 0.2) is 0 Å². The minimum atomic E-state index is -2.02. The van der Waals surface area contributed by atoms with Crippen molar-refractivity contribution < 1.29 is 105 Å². The fourth-order valence-corrected chi connectivity index (χ4v) is 5.55. The maximum Gasteiger partial charge on any atom is 0.187 e. The van der Waals surface area contributed by atoms with Gasteiger partial charge in [0.1, 0.15) is 97.7 Å². The maximum atomic E-state index is 10.9. The number of aliphatic hydroxyl groups is 14. The van der Waals surface area contributed by atoms with Crippen molar-refractivity contribution in [1.29, 1.82) is 0 Å². The minimum Gasteiger partial charge on any atom is -0.394 e. The van der Waals surface area contributed by atoms with Gasteiger partial charge in [-0.15, -0.1) is 0 Å². The number of hydrogen-bond acceptors (Lipinski definition) is 21. The van der Waals surface area contributed by atoms with Crippen molar-refractivity contribution in [3.63, 3.8) is 0 Å². The first-order chi connectivity index (χ1) is 21.3. The maximum absolute atomic E-state index is 10.9. The molecule has 14 N–H and O–H groups in total. The van der Waals surface area contributed by atoms with Gasteiger partial charge >= 0.3 is 0 Å². The van der Waals surface area contributed by atoms with Crippen LogP contribution in [0.1, 0.15) is 0 Å². The molecule has 0 aromatic rings. The molecule has 0 spiro atoms. The second-order valence-electron chi connectivity index (χ2n) is 11.1. The van der Waals surface area contributed by atoms with Crippen molar-refractivity contribution in [3.8, 4) is 0 Å². The van der Waals surface area contributed by atoms with Crippen LogP contribution in [0.2, 0.25) is 0 Å². The first-order valence-corrected chi connectivity index (χ1v) is 14.1. The molecule has 4 saturated heterocycles. The van der Waals surface area contributed by atoms with Crippen LogP contribution in [0.3, 0.4) is 0 Å². The first kappa shape index (κ1) is 37.0. The molecular weight excluding hydrogens is 624 g/mol. The smallest absolute Gasteiger partial charge is 0.187 e. The van der Waals surface area contributed by atoms with E-state index >= 15 is 0 Å². The van der Waals surface area contributed by atoms with Gasteiger partial charge in [0.2, 0.25) is 0 Å². The highest BCUT2D eigenvalue weighted by Crippen LogP contribution is 2.34. The third-order valence-electron chi connectivity index (χ3n) is 8.20. The Balaban J connectivity index is 1.43. The van der Waals surface area contributed by atoms with E-state index in [1.165, 1.54) is 0 Å². The Morgan fingerprint density at radius 3 is 1.02 bits per heavy atom. The zero-order chi connectivity index (χ0) is 33.3. The molecule has 0 radical (unpaired) electrons. The standard InChI is InChI=1S/C24H42O21/c25-1-5-9(29)10(30)15(35)22(40-5)44-19-7(3-27)42-24(17(37)12(19)32)45-20-8(4-28)41-23(16(36)13(20)33)43-18-6(2-26)39-21(38)14(34)11(18)31/h5-38H,1-4H2/t5-,6-,7-,8-,9-,10+,11-,12-,13-,14-,15-,16-,17-,18-,19+,20-,21-,22+,23+,24+/m1/s1. The van der Waals surface area contributed by atoms with Gasteiger partial charge < -0.3 is 105 Å². The molecule has 0 unspecified atom stereocenters. The van der Waals surface area contributed by atoms with E-state index in [-0.39, 0.29) is 0 Å². The largest absolute Gasteiger partial charge is 0.394 e. The van der Waals surface area contributed by atoms with E-state index in [1.807, 2.05) is 0 Å². The number of hydrogen-bond donors (Lipinski definition) is 14. The van der Waals surface area contributed by atoms with Crippen molar-refractivity contribution in [2.45, 2.75) is 123 Å². The predicted molar refractivity (Wildman–Crippen MR) is 134 cm³/mol. The molecule has 0 aromatic carbocycles. The zero-order valence-electron chi connectivity index (χ0n) is 23.5. The van der Waals surface area contributed by atoms with Gasteiger partial charge in [-0.25, -0.2) is 0 Å². The van der Waals surface area contributed by atoms with Crippen LogP contribution in [-0.4, -0.2) is 221 Å². The zero-order valence-corrected chi connectivity index (χ0v) is 23.5. The van der Waals surface area contributed by atoms with Crippen molar-refractivity contribution in [1.82, 2.24) is 0 Å². The first-order valence-electron chi connectivity index (χ1n) is 14.1. The third-order valence-corrected chi connectivity index (χ3v) is 8.20. The van der Waals surface area contributed by atoms with Gasteiger partial charge in [-0.05, 0) is 0 Å². The van der Waals surface area contributed by atoms with E-state index in [0.717, 1.165) is 0 Å². The quantitative estimate of drug-likeness (QED) is 0.103. The molecule has 20 atom stereocenters. The molecule has 45 heavy (non-hydrogen) atoms. The van der Waals surface area contributed by atoms with Gasteiger partial charge in [0.25, 0.3) is 0 Å². The number of rotatable bonds is 10. The Hall–Kier alpha value is -0.840. The van der Waals surface area contributed by atoms with E-state index < -0.39 is 149 Å². The lowest BCUT2D eigenvalue weighted by Gasteiger charge is -2.49. The van der Waals surface area contributed by atoms with E-state index in [1.54, 1.807) is 0 Å². The van der Waals surface area contributed by atoms with E-state index in [9.17, 15) is 71.5 Å². The molecule has 4 fully saturated rings. The molecular formula is C24H42O21. The van der Waals surface area contributed by atoms with Gasteiger partial charge in [0.05, 0.1) is 26.4 Å². The van der Waals surface area contributed by atoms with E-state index in [4.69, 9.17) is 33.2 Å². The molecule has 21 heteroatoms. The highest BCUT2D eigenvalue weighted by molar-refractivity contribution is 4.97. The monoisotopic (exact) mass is 666 g/mol. The Morgan fingerprint density at radius 2 is 0.644 bits per heavy atom. The third kappa shape index (κ3) is 7.44. The normalized spacial score (nSPS) is 52.9. The van der Waals surface area contributed by atoms with Crippen molar-refractivity contribution in [2.75, 3.05) is 26.4 Å². The lowest BCUT2D eigenvalue weighted by atomic mass is 9.95. The Kier molecular flexibility index (Phi) is 12.8. The van der Waals surface area contributed by atoms with Crippen molar-refractivity contribution in [3.05, 3.63) is 0 Å². The van der Waals surface area contributed by atoms with Crippen molar-refractivity contribution >= 4 is 0 Å². The summed E-state index contributed by atoms with van der Waals surface area (Å²) in [5, 5.41) is 142. The molecule has 0 aromatic heterocycles. The summed E-state index contributed by atoms with van der Waals surface area (Å²) in [6.45, 7) is -3.39. The summed E-state index contributed by atoms with van der Waals surface area (Å²) in [6, 6.07) is 0. The lowest BCUT2D eigenvalue weighted by molar-refractivity contribution is -0.387. The van der Waals surface area contributed by atoms with Crippen LogP contribution in [0.25, 0.3) is 0 Å². The molecule has 4 heterocycles. The van der Waals surface area contributed by atoms with Crippen LogP contribution in [0, 0.1) is 0 Å². The second kappa shape index (κ2) is 15.6. The molecule has 4 aliphatic heterocycles. The van der Waals surface area contributed by atoms with Gasteiger partial charge in [-0.3, -0.25) is 0 Å². The van der Waals surface area contributed by atoms with Crippen LogP contribution in [0.5, 0.6) is 0 Å². The SMILES string of the molecule is OC[C@H]1O[C@@H](O[C@@H]2[C@H](O)[C@@H](O)[C@H](O[C@H]3[C@H](O)[C@@H](O)[C@H](O[C@H]4[C@H](O)[C@@H](O)[C@H](O)O[C@@H]4CO)O[C@@H]3CO)O[C@@H]2CO)[C@H](O)[C@@H](O)[C@@H]1O. The van der Waals surface area contributed by atoms with Gasteiger partial charge in [0, 0.05) is 0 Å². The summed E-state index contributed by atoms with van der Waals surface area (Å²) < 4.78 is 37.7. The summed E-state index contributed by atoms with van der Waals surface area (Å²) in [7, 11) is 0. The summed E-state index contributed by atoms with van der Waals surface area (Å²) in [5.74, 6) is 0. The van der Waals surface area contributed by atoms with Gasteiger partial charge in [0.15, 0.2) is 25.2 Å². The molecule has 4 rings (SSSR count). The Morgan fingerprint density at radius 1 is 0.333 bits per heavy atom. The molecule has 21 nitrogen and oxygen atoms in total. The second-order valence-corrected chi connectivity index (χ2v) is 11.1. The van der Waals surface area contributed by atoms with Gasteiger partial charge in [-0.1, -0.05) is 0 Å². The van der Waals surface area contributed by atoms with Crippen LogP contribution < -0.4 is 0 Å². The molecule has 0 amide bonds.